The third kappa shape index (κ3) is 4.57. The normalized spacial score (nSPS) is 17.5. The Kier molecular flexibility index (Phi) is 6.76. The number of amides is 2. The highest BCUT2D eigenvalue weighted by Crippen LogP contribution is 2.26. The third-order valence-electron chi connectivity index (χ3n) is 5.22. The average Bonchev–Trinajstić information content (AvgIpc) is 2.89. The molecule has 1 saturated heterocycles. The fraction of sp³-hybridized carbons (Fsp3) is 0.409. The quantitative estimate of drug-likeness (QED) is 0.831. The SMILES string of the molecule is CCCN1CCN(C(=O)CN)C[C@H](Cc2ccccc2-c2cccnc2)C1=O. The molecule has 2 aromatic rings. The second-order valence-corrected chi connectivity index (χ2v) is 7.17. The minimum absolute atomic E-state index is 0.0268. The van der Waals surface area contributed by atoms with Gasteiger partial charge in [0.15, 0.2) is 0 Å². The number of aromatic nitrogens is 1. The summed E-state index contributed by atoms with van der Waals surface area (Å²) in [5.41, 5.74) is 8.78. The Balaban J connectivity index is 1.90. The van der Waals surface area contributed by atoms with Crippen LogP contribution in [0.4, 0.5) is 0 Å². The van der Waals surface area contributed by atoms with Crippen molar-refractivity contribution >= 4 is 11.8 Å². The van der Waals surface area contributed by atoms with Gasteiger partial charge in [-0.05, 0) is 30.0 Å². The minimum atomic E-state index is -0.276. The maximum atomic E-state index is 13.2. The lowest BCUT2D eigenvalue weighted by molar-refractivity contribution is -0.134. The van der Waals surface area contributed by atoms with Gasteiger partial charge in [-0.15, -0.1) is 0 Å². The van der Waals surface area contributed by atoms with Gasteiger partial charge in [-0.1, -0.05) is 37.3 Å². The monoisotopic (exact) mass is 380 g/mol. The molecule has 1 aromatic heterocycles. The van der Waals surface area contributed by atoms with E-state index in [-0.39, 0.29) is 24.3 Å². The van der Waals surface area contributed by atoms with Crippen LogP contribution in [0.3, 0.4) is 0 Å². The summed E-state index contributed by atoms with van der Waals surface area (Å²) in [4.78, 5) is 33.3. The second kappa shape index (κ2) is 9.46. The predicted octanol–water partition coefficient (Wildman–Crippen LogP) is 1.95. The van der Waals surface area contributed by atoms with E-state index in [0.717, 1.165) is 23.1 Å². The first-order valence-corrected chi connectivity index (χ1v) is 9.89. The molecule has 0 unspecified atom stereocenters. The van der Waals surface area contributed by atoms with Crippen LogP contribution in [-0.4, -0.2) is 59.3 Å². The smallest absolute Gasteiger partial charge is 0.236 e. The standard InChI is InChI=1S/C22H28N4O2/c1-2-10-25-11-12-26(21(27)14-23)16-19(22(25)28)13-17-6-3-4-8-20(17)18-7-5-9-24-15-18/h3-9,15,19H,2,10-14,16,23H2,1H3/t19-/m0/s1. The van der Waals surface area contributed by atoms with Crippen LogP contribution in [0.1, 0.15) is 18.9 Å². The highest BCUT2D eigenvalue weighted by molar-refractivity contribution is 5.83. The van der Waals surface area contributed by atoms with Crippen molar-refractivity contribution in [3.63, 3.8) is 0 Å². The van der Waals surface area contributed by atoms with E-state index in [1.807, 2.05) is 35.4 Å². The molecular weight excluding hydrogens is 352 g/mol. The molecule has 28 heavy (non-hydrogen) atoms. The van der Waals surface area contributed by atoms with Crippen LogP contribution in [0.2, 0.25) is 0 Å². The van der Waals surface area contributed by atoms with Crippen molar-refractivity contribution in [2.45, 2.75) is 19.8 Å². The fourth-order valence-corrected chi connectivity index (χ4v) is 3.81. The molecule has 0 aliphatic carbocycles. The van der Waals surface area contributed by atoms with Crippen LogP contribution in [0.25, 0.3) is 11.1 Å². The molecule has 1 atom stereocenters. The van der Waals surface area contributed by atoms with Gasteiger partial charge in [0.05, 0.1) is 12.5 Å². The number of nitrogens with two attached hydrogens (primary N) is 1. The Morgan fingerprint density at radius 1 is 1.21 bits per heavy atom. The van der Waals surface area contributed by atoms with E-state index in [1.54, 1.807) is 11.1 Å². The van der Waals surface area contributed by atoms with Gasteiger partial charge in [0.2, 0.25) is 11.8 Å². The van der Waals surface area contributed by atoms with Crippen LogP contribution in [0.5, 0.6) is 0 Å². The molecule has 0 bridgehead atoms. The molecule has 0 saturated carbocycles. The minimum Gasteiger partial charge on any atom is -0.341 e. The van der Waals surface area contributed by atoms with Crippen molar-refractivity contribution in [2.75, 3.05) is 32.7 Å². The van der Waals surface area contributed by atoms with E-state index in [4.69, 9.17) is 5.73 Å². The maximum Gasteiger partial charge on any atom is 0.236 e. The summed E-state index contributed by atoms with van der Waals surface area (Å²) in [6.45, 7) is 4.27. The molecule has 1 aliphatic rings. The van der Waals surface area contributed by atoms with E-state index in [1.165, 1.54) is 0 Å². The first-order valence-electron chi connectivity index (χ1n) is 9.89. The first kappa shape index (κ1) is 20.0. The molecule has 0 radical (unpaired) electrons. The first-order chi connectivity index (χ1) is 13.6. The zero-order valence-corrected chi connectivity index (χ0v) is 16.4. The lowest BCUT2D eigenvalue weighted by Crippen LogP contribution is -2.40. The molecule has 6 nitrogen and oxygen atoms in total. The van der Waals surface area contributed by atoms with Crippen LogP contribution in [-0.2, 0) is 16.0 Å². The largest absolute Gasteiger partial charge is 0.341 e. The van der Waals surface area contributed by atoms with Gasteiger partial charge >= 0.3 is 0 Å². The van der Waals surface area contributed by atoms with Crippen molar-refractivity contribution in [1.29, 1.82) is 0 Å². The van der Waals surface area contributed by atoms with Crippen LogP contribution >= 0.6 is 0 Å². The van der Waals surface area contributed by atoms with E-state index in [0.29, 0.717) is 32.6 Å². The van der Waals surface area contributed by atoms with Crippen LogP contribution in [0, 0.1) is 5.92 Å². The Labute approximate surface area is 166 Å². The molecule has 1 fully saturated rings. The lowest BCUT2D eigenvalue weighted by atomic mass is 9.91. The lowest BCUT2D eigenvalue weighted by Gasteiger charge is -2.24. The van der Waals surface area contributed by atoms with Crippen molar-refractivity contribution in [3.05, 3.63) is 54.4 Å². The Hall–Kier alpha value is -2.73. The van der Waals surface area contributed by atoms with Crippen LogP contribution in [0.15, 0.2) is 48.8 Å². The summed E-state index contributed by atoms with van der Waals surface area (Å²) < 4.78 is 0. The van der Waals surface area contributed by atoms with Crippen molar-refractivity contribution in [3.8, 4) is 11.1 Å². The average molecular weight is 380 g/mol. The summed E-state index contributed by atoms with van der Waals surface area (Å²) in [6, 6.07) is 12.0. The fourth-order valence-electron chi connectivity index (χ4n) is 3.81. The van der Waals surface area contributed by atoms with E-state index < -0.39 is 0 Å². The summed E-state index contributed by atoms with van der Waals surface area (Å²) in [5.74, 6) is -0.255. The number of hydrogen-bond acceptors (Lipinski definition) is 4. The topological polar surface area (TPSA) is 79.5 Å². The van der Waals surface area contributed by atoms with Gasteiger partial charge in [-0.3, -0.25) is 14.6 Å². The summed E-state index contributed by atoms with van der Waals surface area (Å²) in [5, 5.41) is 0. The number of nitrogens with zero attached hydrogens (tertiary/aromatic N) is 3. The molecule has 2 N–H and O–H groups in total. The van der Waals surface area contributed by atoms with Gasteiger partial charge in [0.25, 0.3) is 0 Å². The highest BCUT2D eigenvalue weighted by atomic mass is 16.2. The van der Waals surface area contributed by atoms with Crippen LogP contribution < -0.4 is 5.73 Å². The van der Waals surface area contributed by atoms with Gasteiger partial charge < -0.3 is 15.5 Å². The van der Waals surface area contributed by atoms with Crippen molar-refractivity contribution in [1.82, 2.24) is 14.8 Å². The Morgan fingerprint density at radius 2 is 2.04 bits per heavy atom. The summed E-state index contributed by atoms with van der Waals surface area (Å²) in [7, 11) is 0. The number of carbonyl (C=O) groups excluding carboxylic acids is 2. The summed E-state index contributed by atoms with van der Waals surface area (Å²) >= 11 is 0. The number of rotatable bonds is 6. The zero-order valence-electron chi connectivity index (χ0n) is 16.4. The number of carbonyl (C=O) groups is 2. The molecule has 0 spiro atoms. The highest BCUT2D eigenvalue weighted by Gasteiger charge is 2.32. The Morgan fingerprint density at radius 3 is 2.75 bits per heavy atom. The van der Waals surface area contributed by atoms with Gasteiger partial charge in [0.1, 0.15) is 0 Å². The van der Waals surface area contributed by atoms with Gasteiger partial charge in [-0.25, -0.2) is 0 Å². The molecule has 3 rings (SSSR count). The number of pyridine rings is 1. The number of hydrogen-bond donors (Lipinski definition) is 1. The van der Waals surface area contributed by atoms with Gasteiger partial charge in [-0.2, -0.15) is 0 Å². The summed E-state index contributed by atoms with van der Waals surface area (Å²) in [6.07, 6.45) is 5.06. The van der Waals surface area contributed by atoms with Gasteiger partial charge in [0, 0.05) is 44.1 Å². The van der Waals surface area contributed by atoms with Crippen molar-refractivity contribution < 1.29 is 9.59 Å². The zero-order chi connectivity index (χ0) is 19.9. The molecule has 2 amide bonds. The Bertz CT molecular complexity index is 809. The maximum absolute atomic E-state index is 13.2. The second-order valence-electron chi connectivity index (χ2n) is 7.17. The molecular formula is C22H28N4O2. The van der Waals surface area contributed by atoms with E-state index >= 15 is 0 Å². The van der Waals surface area contributed by atoms with Crippen molar-refractivity contribution in [2.24, 2.45) is 11.7 Å². The molecule has 1 aliphatic heterocycles. The third-order valence-corrected chi connectivity index (χ3v) is 5.22. The molecule has 2 heterocycles. The van der Waals surface area contributed by atoms with E-state index in [2.05, 4.69) is 24.0 Å². The molecule has 6 heteroatoms. The molecule has 148 valence electrons. The van der Waals surface area contributed by atoms with E-state index in [9.17, 15) is 9.59 Å². The predicted molar refractivity (Wildman–Crippen MR) is 109 cm³/mol. The molecule has 1 aromatic carbocycles. The number of benzene rings is 1.